The van der Waals surface area contributed by atoms with E-state index in [-0.39, 0.29) is 5.97 Å². The SMILES string of the molecule is C=C1CCC(Sc2cccc(OC(C)=O)c2)CC1. The number of esters is 1. The summed E-state index contributed by atoms with van der Waals surface area (Å²) in [6.45, 7) is 5.46. The predicted octanol–water partition coefficient (Wildman–Crippen LogP) is 4.20. The summed E-state index contributed by atoms with van der Waals surface area (Å²) in [5.41, 5.74) is 1.38. The van der Waals surface area contributed by atoms with E-state index in [1.54, 1.807) is 0 Å². The summed E-state index contributed by atoms with van der Waals surface area (Å²) in [5, 5.41) is 0.656. The molecule has 0 unspecified atom stereocenters. The topological polar surface area (TPSA) is 26.3 Å². The predicted molar refractivity (Wildman–Crippen MR) is 75.0 cm³/mol. The highest BCUT2D eigenvalue weighted by Crippen LogP contribution is 2.36. The monoisotopic (exact) mass is 262 g/mol. The quantitative estimate of drug-likeness (QED) is 0.464. The molecule has 0 N–H and O–H groups in total. The first kappa shape index (κ1) is 13.2. The van der Waals surface area contributed by atoms with E-state index in [4.69, 9.17) is 4.74 Å². The first-order valence-electron chi connectivity index (χ1n) is 6.25. The van der Waals surface area contributed by atoms with Gasteiger partial charge in [-0.3, -0.25) is 4.79 Å². The van der Waals surface area contributed by atoms with Crippen LogP contribution in [0.2, 0.25) is 0 Å². The molecule has 0 amide bonds. The third-order valence-corrected chi connectivity index (χ3v) is 4.34. The first-order valence-corrected chi connectivity index (χ1v) is 7.13. The van der Waals surface area contributed by atoms with Gasteiger partial charge in [0.2, 0.25) is 0 Å². The molecule has 2 nitrogen and oxygen atoms in total. The third-order valence-electron chi connectivity index (χ3n) is 3.01. The molecule has 1 aromatic rings. The van der Waals surface area contributed by atoms with Gasteiger partial charge in [-0.1, -0.05) is 18.2 Å². The Morgan fingerprint density at radius 3 is 2.78 bits per heavy atom. The summed E-state index contributed by atoms with van der Waals surface area (Å²) in [6.07, 6.45) is 4.67. The van der Waals surface area contributed by atoms with Crippen LogP contribution in [0.4, 0.5) is 0 Å². The minimum Gasteiger partial charge on any atom is -0.427 e. The Hall–Kier alpha value is -1.22. The second-order valence-corrected chi connectivity index (χ2v) is 6.01. The fourth-order valence-corrected chi connectivity index (χ4v) is 3.28. The number of allylic oxidation sites excluding steroid dienone is 1. The Bertz CT molecular complexity index is 444. The highest BCUT2D eigenvalue weighted by atomic mass is 32.2. The number of carbonyl (C=O) groups is 1. The Labute approximate surface area is 112 Å². The van der Waals surface area contributed by atoms with Gasteiger partial charge in [0.15, 0.2) is 0 Å². The van der Waals surface area contributed by atoms with E-state index < -0.39 is 0 Å². The van der Waals surface area contributed by atoms with Gasteiger partial charge in [-0.25, -0.2) is 0 Å². The molecule has 0 heterocycles. The smallest absolute Gasteiger partial charge is 0.308 e. The molecule has 0 bridgehead atoms. The number of hydrogen-bond acceptors (Lipinski definition) is 3. The van der Waals surface area contributed by atoms with Crippen molar-refractivity contribution in [3.63, 3.8) is 0 Å². The number of benzene rings is 1. The molecule has 3 heteroatoms. The molecular formula is C15H18O2S. The lowest BCUT2D eigenvalue weighted by atomic mass is 9.96. The first-order chi connectivity index (χ1) is 8.63. The minimum absolute atomic E-state index is 0.272. The van der Waals surface area contributed by atoms with Crippen molar-refractivity contribution in [2.45, 2.75) is 42.8 Å². The molecule has 1 aromatic carbocycles. The summed E-state index contributed by atoms with van der Waals surface area (Å²) < 4.78 is 5.09. The number of thioether (sulfide) groups is 1. The fraction of sp³-hybridized carbons (Fsp3) is 0.400. The molecule has 0 saturated heterocycles. The number of ether oxygens (including phenoxy) is 1. The van der Waals surface area contributed by atoms with Crippen LogP contribution in [-0.4, -0.2) is 11.2 Å². The van der Waals surface area contributed by atoms with Crippen LogP contribution >= 0.6 is 11.8 Å². The Morgan fingerprint density at radius 2 is 2.11 bits per heavy atom. The average Bonchev–Trinajstić information content (AvgIpc) is 2.32. The van der Waals surface area contributed by atoms with E-state index >= 15 is 0 Å². The van der Waals surface area contributed by atoms with E-state index in [0.29, 0.717) is 11.0 Å². The van der Waals surface area contributed by atoms with Crippen molar-refractivity contribution in [1.29, 1.82) is 0 Å². The Balaban J connectivity index is 1.96. The standard InChI is InChI=1S/C15H18O2S/c1-11-6-8-14(9-7-11)18-15-5-3-4-13(10-15)17-12(2)16/h3-5,10,14H,1,6-9H2,2H3. The molecule has 18 heavy (non-hydrogen) atoms. The number of hydrogen-bond donors (Lipinski definition) is 0. The minimum atomic E-state index is -0.272. The lowest BCUT2D eigenvalue weighted by molar-refractivity contribution is -0.131. The summed E-state index contributed by atoms with van der Waals surface area (Å²) in [6, 6.07) is 7.76. The van der Waals surface area contributed by atoms with Crippen molar-refractivity contribution in [2.24, 2.45) is 0 Å². The van der Waals surface area contributed by atoms with Crippen LogP contribution in [0, 0.1) is 0 Å². The molecule has 0 spiro atoms. The Kier molecular flexibility index (Phi) is 4.48. The van der Waals surface area contributed by atoms with Crippen molar-refractivity contribution >= 4 is 17.7 Å². The zero-order chi connectivity index (χ0) is 13.0. The van der Waals surface area contributed by atoms with Crippen LogP contribution in [0.5, 0.6) is 5.75 Å². The average molecular weight is 262 g/mol. The van der Waals surface area contributed by atoms with Crippen LogP contribution < -0.4 is 4.74 Å². The van der Waals surface area contributed by atoms with E-state index in [0.717, 1.165) is 12.8 Å². The van der Waals surface area contributed by atoms with Crippen molar-refractivity contribution < 1.29 is 9.53 Å². The lowest BCUT2D eigenvalue weighted by Gasteiger charge is -2.22. The molecule has 1 fully saturated rings. The molecule has 2 rings (SSSR count). The van der Waals surface area contributed by atoms with E-state index in [9.17, 15) is 4.79 Å². The maximum Gasteiger partial charge on any atom is 0.308 e. The molecule has 0 aliphatic heterocycles. The maximum absolute atomic E-state index is 10.9. The highest BCUT2D eigenvalue weighted by Gasteiger charge is 2.16. The van der Waals surface area contributed by atoms with Gasteiger partial charge < -0.3 is 4.74 Å². The Morgan fingerprint density at radius 1 is 1.39 bits per heavy atom. The normalized spacial score (nSPS) is 16.6. The van der Waals surface area contributed by atoms with E-state index in [1.165, 1.54) is 30.2 Å². The second-order valence-electron chi connectivity index (χ2n) is 4.64. The van der Waals surface area contributed by atoms with Crippen LogP contribution in [0.3, 0.4) is 0 Å². The van der Waals surface area contributed by atoms with Gasteiger partial charge in [0, 0.05) is 17.1 Å². The maximum atomic E-state index is 10.9. The molecule has 0 radical (unpaired) electrons. The summed E-state index contributed by atoms with van der Waals surface area (Å²) in [7, 11) is 0. The van der Waals surface area contributed by atoms with Gasteiger partial charge in [-0.05, 0) is 43.9 Å². The number of rotatable bonds is 3. The third kappa shape index (κ3) is 3.91. The van der Waals surface area contributed by atoms with Gasteiger partial charge in [-0.15, -0.1) is 11.8 Å². The zero-order valence-electron chi connectivity index (χ0n) is 10.6. The zero-order valence-corrected chi connectivity index (χ0v) is 11.5. The summed E-state index contributed by atoms with van der Waals surface area (Å²) >= 11 is 1.88. The van der Waals surface area contributed by atoms with E-state index in [1.807, 2.05) is 30.0 Å². The van der Waals surface area contributed by atoms with Crippen molar-refractivity contribution in [2.75, 3.05) is 0 Å². The van der Waals surface area contributed by atoms with Crippen LogP contribution in [0.1, 0.15) is 32.6 Å². The van der Waals surface area contributed by atoms with Crippen molar-refractivity contribution in [1.82, 2.24) is 0 Å². The van der Waals surface area contributed by atoms with E-state index in [2.05, 4.69) is 12.6 Å². The molecule has 1 saturated carbocycles. The van der Waals surface area contributed by atoms with Gasteiger partial charge in [-0.2, -0.15) is 0 Å². The van der Waals surface area contributed by atoms with Gasteiger partial charge in [0.25, 0.3) is 0 Å². The van der Waals surface area contributed by atoms with Gasteiger partial charge in [0.1, 0.15) is 5.75 Å². The largest absolute Gasteiger partial charge is 0.427 e. The van der Waals surface area contributed by atoms with Crippen molar-refractivity contribution in [3.05, 3.63) is 36.4 Å². The van der Waals surface area contributed by atoms with Gasteiger partial charge >= 0.3 is 5.97 Å². The molecular weight excluding hydrogens is 244 g/mol. The van der Waals surface area contributed by atoms with Crippen LogP contribution in [-0.2, 0) is 4.79 Å². The summed E-state index contributed by atoms with van der Waals surface area (Å²) in [5.74, 6) is 0.360. The van der Waals surface area contributed by atoms with Crippen molar-refractivity contribution in [3.8, 4) is 5.75 Å². The fourth-order valence-electron chi connectivity index (χ4n) is 2.09. The molecule has 1 aliphatic rings. The molecule has 0 aromatic heterocycles. The highest BCUT2D eigenvalue weighted by molar-refractivity contribution is 8.00. The second kappa shape index (κ2) is 6.10. The molecule has 0 atom stereocenters. The van der Waals surface area contributed by atoms with Gasteiger partial charge in [0.05, 0.1) is 0 Å². The van der Waals surface area contributed by atoms with Crippen LogP contribution in [0.25, 0.3) is 0 Å². The molecule has 96 valence electrons. The summed E-state index contributed by atoms with van der Waals surface area (Å²) in [4.78, 5) is 12.1. The number of carbonyl (C=O) groups excluding carboxylic acids is 1. The van der Waals surface area contributed by atoms with Crippen LogP contribution in [0.15, 0.2) is 41.3 Å². The lowest BCUT2D eigenvalue weighted by Crippen LogP contribution is -2.09. The molecule has 1 aliphatic carbocycles.